The molecule has 1 aromatic carbocycles. The molecule has 15 heavy (non-hydrogen) atoms. The number of aliphatic hydroxyl groups is 1. The Labute approximate surface area is 98.6 Å². The minimum Gasteiger partial charge on any atom is -0.508 e. The Morgan fingerprint density at radius 3 is 2.87 bits per heavy atom. The highest BCUT2D eigenvalue weighted by Crippen LogP contribution is 2.18. The molecule has 0 spiro atoms. The third-order valence-electron chi connectivity index (χ3n) is 1.68. The molecule has 0 heterocycles. The molecular formula is C11H12O2S2. The van der Waals surface area contributed by atoms with E-state index >= 15 is 0 Å². The first-order valence-electron chi connectivity index (χ1n) is 4.50. The SMILES string of the molecule is CCSC(=S)/C=C(\O)c1cccc(O)c1. The van der Waals surface area contributed by atoms with Crippen LogP contribution in [0.4, 0.5) is 0 Å². The molecule has 0 aliphatic heterocycles. The summed E-state index contributed by atoms with van der Waals surface area (Å²) in [7, 11) is 0. The van der Waals surface area contributed by atoms with Crippen molar-refractivity contribution in [2.75, 3.05) is 5.75 Å². The van der Waals surface area contributed by atoms with Gasteiger partial charge in [-0.05, 0) is 17.9 Å². The average molecular weight is 240 g/mol. The molecule has 0 aliphatic rings. The minimum absolute atomic E-state index is 0.0804. The number of hydrogen-bond donors (Lipinski definition) is 2. The Hall–Kier alpha value is -1.00. The monoisotopic (exact) mass is 240 g/mol. The van der Waals surface area contributed by atoms with Crippen LogP contribution >= 0.6 is 24.0 Å². The maximum atomic E-state index is 9.69. The van der Waals surface area contributed by atoms with Crippen molar-refractivity contribution >= 4 is 33.9 Å². The lowest BCUT2D eigenvalue weighted by Gasteiger charge is -2.01. The fourth-order valence-corrected chi connectivity index (χ4v) is 1.99. The van der Waals surface area contributed by atoms with E-state index in [1.54, 1.807) is 18.2 Å². The fraction of sp³-hybridized carbons (Fsp3) is 0.182. The quantitative estimate of drug-likeness (QED) is 0.483. The summed E-state index contributed by atoms with van der Waals surface area (Å²) in [4.78, 5) is 0. The molecule has 0 radical (unpaired) electrons. The van der Waals surface area contributed by atoms with Gasteiger partial charge in [0.1, 0.15) is 11.5 Å². The van der Waals surface area contributed by atoms with Gasteiger partial charge in [0, 0.05) is 11.6 Å². The Morgan fingerprint density at radius 1 is 1.53 bits per heavy atom. The van der Waals surface area contributed by atoms with Gasteiger partial charge in [0.15, 0.2) is 0 Å². The van der Waals surface area contributed by atoms with Crippen molar-refractivity contribution in [2.24, 2.45) is 0 Å². The van der Waals surface area contributed by atoms with Gasteiger partial charge in [-0.15, -0.1) is 11.8 Å². The van der Waals surface area contributed by atoms with E-state index in [1.165, 1.54) is 23.9 Å². The van der Waals surface area contributed by atoms with Gasteiger partial charge in [0.2, 0.25) is 0 Å². The van der Waals surface area contributed by atoms with Crippen LogP contribution < -0.4 is 0 Å². The Bertz CT molecular complexity index is 386. The van der Waals surface area contributed by atoms with Crippen LogP contribution in [0.25, 0.3) is 5.76 Å². The summed E-state index contributed by atoms with van der Waals surface area (Å²) in [6.45, 7) is 2.00. The number of hydrogen-bond acceptors (Lipinski definition) is 4. The molecule has 0 amide bonds. The molecular weight excluding hydrogens is 228 g/mol. The van der Waals surface area contributed by atoms with Crippen LogP contribution in [0.1, 0.15) is 12.5 Å². The number of aromatic hydroxyl groups is 1. The molecule has 1 rings (SSSR count). The molecule has 1 aromatic rings. The third-order valence-corrected chi connectivity index (χ3v) is 2.85. The summed E-state index contributed by atoms with van der Waals surface area (Å²) in [5.41, 5.74) is 0.564. The lowest BCUT2D eigenvalue weighted by atomic mass is 10.2. The molecule has 4 heteroatoms. The van der Waals surface area contributed by atoms with E-state index in [0.717, 1.165) is 5.75 Å². The molecule has 0 atom stereocenters. The van der Waals surface area contributed by atoms with E-state index < -0.39 is 0 Å². The Balaban J connectivity index is 2.84. The molecule has 0 aliphatic carbocycles. The summed E-state index contributed by atoms with van der Waals surface area (Å²) in [5.74, 6) is 1.08. The maximum absolute atomic E-state index is 9.69. The molecule has 0 fully saturated rings. The highest BCUT2D eigenvalue weighted by atomic mass is 32.2. The maximum Gasteiger partial charge on any atom is 0.124 e. The van der Waals surface area contributed by atoms with Gasteiger partial charge in [-0.3, -0.25) is 0 Å². The van der Waals surface area contributed by atoms with Gasteiger partial charge in [0.25, 0.3) is 0 Å². The van der Waals surface area contributed by atoms with Crippen molar-refractivity contribution in [3.8, 4) is 5.75 Å². The first kappa shape index (κ1) is 12.1. The van der Waals surface area contributed by atoms with Crippen LogP contribution in [0.5, 0.6) is 5.75 Å². The highest BCUT2D eigenvalue weighted by molar-refractivity contribution is 8.23. The lowest BCUT2D eigenvalue weighted by molar-refractivity contribution is 0.473. The summed E-state index contributed by atoms with van der Waals surface area (Å²) in [6, 6.07) is 6.43. The van der Waals surface area contributed by atoms with Crippen LogP contribution in [0.15, 0.2) is 30.3 Å². The van der Waals surface area contributed by atoms with Gasteiger partial charge < -0.3 is 10.2 Å². The topological polar surface area (TPSA) is 40.5 Å². The normalized spacial score (nSPS) is 11.4. The first-order chi connectivity index (χ1) is 7.13. The van der Waals surface area contributed by atoms with Crippen molar-refractivity contribution in [3.63, 3.8) is 0 Å². The van der Waals surface area contributed by atoms with Gasteiger partial charge in [-0.2, -0.15) is 0 Å². The van der Waals surface area contributed by atoms with E-state index in [4.69, 9.17) is 12.2 Å². The van der Waals surface area contributed by atoms with E-state index in [2.05, 4.69) is 0 Å². The number of benzene rings is 1. The average Bonchev–Trinajstić information content (AvgIpc) is 2.18. The van der Waals surface area contributed by atoms with Gasteiger partial charge in [-0.25, -0.2) is 0 Å². The predicted octanol–water partition coefficient (Wildman–Crippen LogP) is 3.37. The van der Waals surface area contributed by atoms with Crippen LogP contribution in [-0.2, 0) is 0 Å². The number of aliphatic hydroxyl groups excluding tert-OH is 1. The molecule has 2 N–H and O–H groups in total. The second-order valence-corrected chi connectivity index (χ2v) is 4.84. The van der Waals surface area contributed by atoms with Crippen LogP contribution in [0.2, 0.25) is 0 Å². The zero-order valence-corrected chi connectivity index (χ0v) is 9.94. The van der Waals surface area contributed by atoms with Crippen molar-refractivity contribution in [2.45, 2.75) is 6.92 Å². The number of thiocarbonyl (C=S) groups is 1. The first-order valence-corrected chi connectivity index (χ1v) is 5.89. The van der Waals surface area contributed by atoms with E-state index in [9.17, 15) is 10.2 Å². The third kappa shape index (κ3) is 3.93. The van der Waals surface area contributed by atoms with E-state index in [0.29, 0.717) is 9.76 Å². The van der Waals surface area contributed by atoms with Crippen molar-refractivity contribution < 1.29 is 10.2 Å². The number of phenolic OH excluding ortho intramolecular Hbond substituents is 1. The second kappa shape index (κ2) is 5.78. The van der Waals surface area contributed by atoms with Gasteiger partial charge in [0.05, 0.1) is 4.20 Å². The van der Waals surface area contributed by atoms with Crippen LogP contribution in [0.3, 0.4) is 0 Å². The smallest absolute Gasteiger partial charge is 0.124 e. The second-order valence-electron chi connectivity index (χ2n) is 2.83. The van der Waals surface area contributed by atoms with Gasteiger partial charge >= 0.3 is 0 Å². The molecule has 2 nitrogen and oxygen atoms in total. The zero-order valence-electron chi connectivity index (χ0n) is 8.30. The zero-order chi connectivity index (χ0) is 11.3. The minimum atomic E-state index is 0.0804. The molecule has 0 bridgehead atoms. The van der Waals surface area contributed by atoms with Crippen molar-refractivity contribution in [1.29, 1.82) is 0 Å². The van der Waals surface area contributed by atoms with Gasteiger partial charge in [-0.1, -0.05) is 31.3 Å². The number of rotatable bonds is 3. The standard InChI is InChI=1S/C11H12O2S2/c1-2-15-11(14)7-10(13)8-4-3-5-9(12)6-8/h3-7,12-13H,2H2,1H3/b10-7-. The summed E-state index contributed by atoms with van der Waals surface area (Å²) in [6.07, 6.45) is 1.53. The van der Waals surface area contributed by atoms with E-state index in [-0.39, 0.29) is 11.5 Å². The van der Waals surface area contributed by atoms with Crippen LogP contribution in [0, 0.1) is 0 Å². The predicted molar refractivity (Wildman–Crippen MR) is 69.4 cm³/mol. The molecule has 0 saturated heterocycles. The summed E-state index contributed by atoms with van der Waals surface area (Å²) in [5, 5.41) is 18.9. The lowest BCUT2D eigenvalue weighted by Crippen LogP contribution is -1.88. The highest BCUT2D eigenvalue weighted by Gasteiger charge is 2.01. The van der Waals surface area contributed by atoms with E-state index in [1.807, 2.05) is 6.92 Å². The number of thioether (sulfide) groups is 1. The molecule has 0 unspecified atom stereocenters. The Morgan fingerprint density at radius 2 is 2.27 bits per heavy atom. The molecule has 0 aromatic heterocycles. The summed E-state index contributed by atoms with van der Waals surface area (Å²) >= 11 is 6.52. The van der Waals surface area contributed by atoms with Crippen molar-refractivity contribution in [1.82, 2.24) is 0 Å². The molecule has 80 valence electrons. The fourth-order valence-electron chi connectivity index (χ4n) is 1.04. The van der Waals surface area contributed by atoms with Crippen molar-refractivity contribution in [3.05, 3.63) is 35.9 Å². The molecule has 0 saturated carbocycles. The van der Waals surface area contributed by atoms with Crippen LogP contribution in [-0.4, -0.2) is 20.2 Å². The Kier molecular flexibility index (Phi) is 4.65. The largest absolute Gasteiger partial charge is 0.508 e. The summed E-state index contributed by atoms with van der Waals surface area (Å²) < 4.78 is 0.637. The number of phenols is 1.